The quantitative estimate of drug-likeness (QED) is 0.167. The third-order valence-electron chi connectivity index (χ3n) is 13.5. The van der Waals surface area contributed by atoms with Crippen molar-refractivity contribution in [2.45, 2.75) is 19.3 Å². The van der Waals surface area contributed by atoms with E-state index in [4.69, 9.17) is 15.0 Å². The molecule has 9 aromatic carbocycles. The van der Waals surface area contributed by atoms with Crippen LogP contribution in [0.3, 0.4) is 0 Å². The predicted molar refractivity (Wildman–Crippen MR) is 272 cm³/mol. The van der Waals surface area contributed by atoms with Gasteiger partial charge < -0.3 is 4.57 Å². The molecule has 12 aromatic rings. The van der Waals surface area contributed by atoms with E-state index in [9.17, 15) is 0 Å². The number of hydrogen-bond donors (Lipinski definition) is 0. The summed E-state index contributed by atoms with van der Waals surface area (Å²) in [7, 11) is 0. The molecule has 0 unspecified atom stereocenters. The summed E-state index contributed by atoms with van der Waals surface area (Å²) in [5, 5.41) is 4.80. The van der Waals surface area contributed by atoms with Gasteiger partial charge in [-0.15, -0.1) is 11.3 Å². The molecule has 0 saturated carbocycles. The fraction of sp³-hybridized carbons (Fsp3) is 0.0500. The van der Waals surface area contributed by atoms with E-state index in [1.54, 1.807) is 0 Å². The first-order chi connectivity index (χ1) is 32.0. The topological polar surface area (TPSA) is 43.6 Å². The highest BCUT2D eigenvalue weighted by Gasteiger charge is 2.35. The molecule has 0 saturated heterocycles. The van der Waals surface area contributed by atoms with E-state index in [1.807, 2.05) is 47.7 Å². The van der Waals surface area contributed by atoms with Crippen LogP contribution in [-0.2, 0) is 5.41 Å². The molecule has 306 valence electrons. The molecule has 0 radical (unpaired) electrons. The monoisotopic (exact) mass is 848 g/mol. The second kappa shape index (κ2) is 14.5. The molecule has 0 bridgehead atoms. The minimum Gasteiger partial charge on any atom is -0.309 e. The van der Waals surface area contributed by atoms with Crippen LogP contribution in [-0.4, -0.2) is 19.5 Å². The molecule has 0 amide bonds. The van der Waals surface area contributed by atoms with Crippen LogP contribution in [0.5, 0.6) is 0 Å². The standard InChI is InChI=1S/C60H40N4S/c1-60(2)50-23-13-12-21-44(50)46-33-39(25-29-51(46)60)40-26-30-52-47(34-40)48-35-41(27-31-53(48)64(52)43-19-10-5-11-20-43)42-28-32-54-49(36-42)56-45(22-14-24-55(56)65-54)59-62-57(37-15-6-3-7-16-37)61-58(63-59)38-17-8-4-9-18-38/h3-36H,1-2H3. The summed E-state index contributed by atoms with van der Waals surface area (Å²) >= 11 is 1.81. The summed E-state index contributed by atoms with van der Waals surface area (Å²) in [5.74, 6) is 1.97. The summed E-state index contributed by atoms with van der Waals surface area (Å²) in [4.78, 5) is 15.3. The van der Waals surface area contributed by atoms with Gasteiger partial charge in [0.2, 0.25) is 0 Å². The number of benzene rings is 9. The lowest BCUT2D eigenvalue weighted by Crippen LogP contribution is -2.14. The molecule has 0 fully saturated rings. The molecule has 3 heterocycles. The summed E-state index contributed by atoms with van der Waals surface area (Å²) < 4.78 is 4.83. The van der Waals surface area contributed by atoms with Gasteiger partial charge in [-0.25, -0.2) is 15.0 Å². The minimum absolute atomic E-state index is 0.0294. The average molecular weight is 849 g/mol. The Balaban J connectivity index is 0.975. The third-order valence-corrected chi connectivity index (χ3v) is 14.6. The van der Waals surface area contributed by atoms with Crippen LogP contribution < -0.4 is 0 Å². The van der Waals surface area contributed by atoms with Gasteiger partial charge in [0.25, 0.3) is 0 Å². The van der Waals surface area contributed by atoms with Crippen LogP contribution in [0, 0.1) is 0 Å². The van der Waals surface area contributed by atoms with Crippen molar-refractivity contribution in [3.05, 3.63) is 217 Å². The predicted octanol–water partition coefficient (Wildman–Crippen LogP) is 16.0. The number of thiophene rings is 1. The molecule has 5 heteroatoms. The van der Waals surface area contributed by atoms with Crippen LogP contribution in [0.2, 0.25) is 0 Å². The van der Waals surface area contributed by atoms with Crippen LogP contribution >= 0.6 is 11.3 Å². The van der Waals surface area contributed by atoms with Crippen molar-refractivity contribution in [2.75, 3.05) is 0 Å². The van der Waals surface area contributed by atoms with Crippen molar-refractivity contribution in [3.8, 4) is 73.2 Å². The molecular weight excluding hydrogens is 809 g/mol. The summed E-state index contributed by atoms with van der Waals surface area (Å²) in [6, 6.07) is 74.4. The van der Waals surface area contributed by atoms with Crippen molar-refractivity contribution < 1.29 is 0 Å². The largest absolute Gasteiger partial charge is 0.309 e. The van der Waals surface area contributed by atoms with E-state index >= 15 is 0 Å². The van der Waals surface area contributed by atoms with Gasteiger partial charge in [-0.2, -0.15) is 0 Å². The van der Waals surface area contributed by atoms with Crippen molar-refractivity contribution in [3.63, 3.8) is 0 Å². The highest BCUT2D eigenvalue weighted by atomic mass is 32.1. The summed E-state index contributed by atoms with van der Waals surface area (Å²) in [6.45, 7) is 4.69. The van der Waals surface area contributed by atoms with E-state index in [0.29, 0.717) is 17.5 Å². The van der Waals surface area contributed by atoms with E-state index in [2.05, 4.69) is 188 Å². The maximum Gasteiger partial charge on any atom is 0.164 e. The fourth-order valence-electron chi connectivity index (χ4n) is 10.3. The Bertz CT molecular complexity index is 3790. The Morgan fingerprint density at radius 1 is 0.369 bits per heavy atom. The Morgan fingerprint density at radius 2 is 0.877 bits per heavy atom. The molecule has 0 atom stereocenters. The third kappa shape index (κ3) is 6.00. The average Bonchev–Trinajstić information content (AvgIpc) is 3.99. The highest BCUT2D eigenvalue weighted by Crippen LogP contribution is 2.50. The number of fused-ring (bicyclic) bond motifs is 9. The Morgan fingerprint density at radius 3 is 1.54 bits per heavy atom. The lowest BCUT2D eigenvalue weighted by Gasteiger charge is -2.21. The molecule has 0 spiro atoms. The number of nitrogens with zero attached hydrogens (tertiary/aromatic N) is 4. The van der Waals surface area contributed by atoms with Crippen LogP contribution in [0.15, 0.2) is 206 Å². The van der Waals surface area contributed by atoms with Gasteiger partial charge in [0.05, 0.1) is 11.0 Å². The van der Waals surface area contributed by atoms with Crippen LogP contribution in [0.4, 0.5) is 0 Å². The molecule has 0 aliphatic heterocycles. The van der Waals surface area contributed by atoms with Gasteiger partial charge in [0.15, 0.2) is 17.5 Å². The molecule has 0 N–H and O–H groups in total. The smallest absolute Gasteiger partial charge is 0.164 e. The molecule has 65 heavy (non-hydrogen) atoms. The molecule has 4 nitrogen and oxygen atoms in total. The van der Waals surface area contributed by atoms with Crippen molar-refractivity contribution in [1.29, 1.82) is 0 Å². The Labute approximate surface area is 380 Å². The van der Waals surface area contributed by atoms with Gasteiger partial charge in [-0.1, -0.05) is 159 Å². The molecule has 1 aliphatic rings. The molecule has 3 aromatic heterocycles. The van der Waals surface area contributed by atoms with Crippen molar-refractivity contribution in [1.82, 2.24) is 19.5 Å². The second-order valence-corrected chi connectivity index (χ2v) is 18.7. The first-order valence-corrected chi connectivity index (χ1v) is 23.0. The van der Waals surface area contributed by atoms with E-state index in [-0.39, 0.29) is 5.41 Å². The zero-order chi connectivity index (χ0) is 43.2. The minimum atomic E-state index is -0.0294. The second-order valence-electron chi connectivity index (χ2n) is 17.6. The Kier molecular flexibility index (Phi) is 8.39. The van der Waals surface area contributed by atoms with Gasteiger partial charge in [-0.05, 0) is 105 Å². The lowest BCUT2D eigenvalue weighted by atomic mass is 9.82. The highest BCUT2D eigenvalue weighted by molar-refractivity contribution is 7.26. The molecular formula is C60H40N4S. The molecule has 1 aliphatic carbocycles. The zero-order valence-electron chi connectivity index (χ0n) is 35.8. The number of aromatic nitrogens is 4. The van der Waals surface area contributed by atoms with E-state index in [0.717, 1.165) is 33.3 Å². The fourth-order valence-corrected chi connectivity index (χ4v) is 11.4. The first kappa shape index (κ1) is 37.6. The van der Waals surface area contributed by atoms with Gasteiger partial charge in [-0.3, -0.25) is 0 Å². The summed E-state index contributed by atoms with van der Waals surface area (Å²) in [5.41, 5.74) is 16.6. The number of rotatable bonds is 6. The number of para-hydroxylation sites is 1. The van der Waals surface area contributed by atoms with Crippen molar-refractivity contribution >= 4 is 53.3 Å². The first-order valence-electron chi connectivity index (χ1n) is 22.2. The number of hydrogen-bond acceptors (Lipinski definition) is 4. The lowest BCUT2D eigenvalue weighted by molar-refractivity contribution is 0.660. The zero-order valence-corrected chi connectivity index (χ0v) is 36.6. The van der Waals surface area contributed by atoms with Crippen LogP contribution in [0.25, 0.3) is 115 Å². The Hall–Kier alpha value is -7.99. The normalized spacial score (nSPS) is 12.9. The van der Waals surface area contributed by atoms with Gasteiger partial charge in [0, 0.05) is 58.7 Å². The van der Waals surface area contributed by atoms with Gasteiger partial charge in [0.1, 0.15) is 0 Å². The van der Waals surface area contributed by atoms with Crippen molar-refractivity contribution in [2.24, 2.45) is 0 Å². The SMILES string of the molecule is CC1(C)c2ccccc2-c2cc(-c3ccc4c(c3)c3cc(-c5ccc6sc7cccc(-c8nc(-c9ccccc9)nc(-c9ccccc9)n8)c7c6c5)ccc3n4-c3ccccc3)ccc21. The molecule has 13 rings (SSSR count). The van der Waals surface area contributed by atoms with E-state index in [1.165, 1.54) is 75.5 Å². The maximum atomic E-state index is 5.15. The summed E-state index contributed by atoms with van der Waals surface area (Å²) in [6.07, 6.45) is 0. The van der Waals surface area contributed by atoms with E-state index < -0.39 is 0 Å². The van der Waals surface area contributed by atoms with Gasteiger partial charge >= 0.3 is 0 Å². The maximum absolute atomic E-state index is 5.15. The van der Waals surface area contributed by atoms with Crippen LogP contribution in [0.1, 0.15) is 25.0 Å².